The number of benzene rings is 2. The molecule has 134 valence electrons. The van der Waals surface area contributed by atoms with Crippen molar-refractivity contribution >= 4 is 33.4 Å². The molecule has 3 nitrogen and oxygen atoms in total. The van der Waals surface area contributed by atoms with Gasteiger partial charge in [0.25, 0.3) is 0 Å². The second-order valence-corrected chi connectivity index (χ2v) is 8.87. The first-order valence-corrected chi connectivity index (χ1v) is 10.1. The Hall–Kier alpha value is -1.22. The van der Waals surface area contributed by atoms with Gasteiger partial charge in [0.1, 0.15) is 0 Å². The van der Waals surface area contributed by atoms with Crippen LogP contribution in [0.5, 0.6) is 0 Å². The summed E-state index contributed by atoms with van der Waals surface area (Å²) in [6, 6.07) is 10.7. The molecular formula is C16H13ClF3NO2S2. The van der Waals surface area contributed by atoms with Crippen LogP contribution < -0.4 is 0 Å². The van der Waals surface area contributed by atoms with E-state index in [1.807, 2.05) is 0 Å². The lowest BCUT2D eigenvalue weighted by Gasteiger charge is -2.24. The van der Waals surface area contributed by atoms with Gasteiger partial charge < -0.3 is 0 Å². The molecule has 25 heavy (non-hydrogen) atoms. The van der Waals surface area contributed by atoms with Gasteiger partial charge >= 0.3 is 6.18 Å². The lowest BCUT2D eigenvalue weighted by Crippen LogP contribution is -2.30. The fourth-order valence-electron chi connectivity index (χ4n) is 2.59. The molecule has 9 heteroatoms. The van der Waals surface area contributed by atoms with E-state index < -0.39 is 27.1 Å². The lowest BCUT2D eigenvalue weighted by molar-refractivity contribution is -0.137. The summed E-state index contributed by atoms with van der Waals surface area (Å²) in [4.78, 5) is -0.373. The van der Waals surface area contributed by atoms with E-state index >= 15 is 0 Å². The number of thioether (sulfide) groups is 1. The molecule has 0 amide bonds. The second-order valence-electron chi connectivity index (χ2n) is 5.39. The zero-order chi connectivity index (χ0) is 18.2. The van der Waals surface area contributed by atoms with E-state index in [2.05, 4.69) is 0 Å². The summed E-state index contributed by atoms with van der Waals surface area (Å²) in [7, 11) is -4.08. The molecule has 2 aromatic rings. The summed E-state index contributed by atoms with van der Waals surface area (Å²) < 4.78 is 65.7. The number of rotatable bonds is 3. The van der Waals surface area contributed by atoms with Crippen molar-refractivity contribution in [1.29, 1.82) is 0 Å². The number of sulfonamides is 1. The van der Waals surface area contributed by atoms with Gasteiger partial charge in [-0.3, -0.25) is 0 Å². The monoisotopic (exact) mass is 407 g/mol. The standard InChI is InChI=1S/C16H13ClF3NO2S2/c17-14-7-2-1-6-13(14)15-21(8-9-24-15)25(22,23)12-5-3-4-11(10-12)16(18,19)20/h1-7,10,15H,8-9H2. The molecule has 1 fully saturated rings. The fraction of sp³-hybridized carbons (Fsp3) is 0.250. The van der Waals surface area contributed by atoms with Crippen LogP contribution >= 0.6 is 23.4 Å². The van der Waals surface area contributed by atoms with Gasteiger partial charge in [0.05, 0.1) is 15.8 Å². The molecule has 0 aromatic heterocycles. The SMILES string of the molecule is O=S(=O)(c1cccc(C(F)(F)F)c1)N1CCSC1c1ccccc1Cl. The average Bonchev–Trinajstić information content (AvgIpc) is 3.05. The van der Waals surface area contributed by atoms with Gasteiger partial charge in [-0.1, -0.05) is 35.9 Å². The zero-order valence-electron chi connectivity index (χ0n) is 12.7. The van der Waals surface area contributed by atoms with Gasteiger partial charge in [-0.05, 0) is 29.8 Å². The first-order valence-electron chi connectivity index (χ1n) is 7.26. The highest BCUT2D eigenvalue weighted by Crippen LogP contribution is 2.44. The molecule has 0 saturated carbocycles. The van der Waals surface area contributed by atoms with Crippen molar-refractivity contribution in [3.63, 3.8) is 0 Å². The second kappa shape index (κ2) is 6.83. The highest BCUT2D eigenvalue weighted by molar-refractivity contribution is 8.01. The Morgan fingerprint density at radius 2 is 1.84 bits per heavy atom. The predicted octanol–water partition coefficient (Wildman–Crippen LogP) is 4.80. The molecule has 0 radical (unpaired) electrons. The Bertz CT molecular complexity index is 887. The highest BCUT2D eigenvalue weighted by Gasteiger charge is 2.39. The van der Waals surface area contributed by atoms with Crippen molar-refractivity contribution in [1.82, 2.24) is 4.31 Å². The van der Waals surface area contributed by atoms with Crippen LogP contribution in [0.25, 0.3) is 0 Å². The van der Waals surface area contributed by atoms with E-state index in [1.54, 1.807) is 24.3 Å². The van der Waals surface area contributed by atoms with Gasteiger partial charge in [-0.25, -0.2) is 8.42 Å². The maximum absolute atomic E-state index is 12.9. The zero-order valence-corrected chi connectivity index (χ0v) is 15.1. The largest absolute Gasteiger partial charge is 0.416 e. The van der Waals surface area contributed by atoms with Gasteiger partial charge in [0.15, 0.2) is 0 Å². The maximum Gasteiger partial charge on any atom is 0.416 e. The Balaban J connectivity index is 2.01. The van der Waals surface area contributed by atoms with Crippen molar-refractivity contribution in [2.75, 3.05) is 12.3 Å². The Morgan fingerprint density at radius 3 is 2.52 bits per heavy atom. The molecular weight excluding hydrogens is 395 g/mol. The predicted molar refractivity (Wildman–Crippen MR) is 92.0 cm³/mol. The smallest absolute Gasteiger partial charge is 0.207 e. The van der Waals surface area contributed by atoms with Gasteiger partial charge in [0.2, 0.25) is 10.0 Å². The molecule has 1 unspecified atom stereocenters. The third-order valence-electron chi connectivity index (χ3n) is 3.79. The van der Waals surface area contributed by atoms with Crippen molar-refractivity contribution < 1.29 is 21.6 Å². The molecule has 0 N–H and O–H groups in total. The van der Waals surface area contributed by atoms with Gasteiger partial charge in [0, 0.05) is 17.3 Å². The van der Waals surface area contributed by atoms with E-state index in [4.69, 9.17) is 11.6 Å². The van der Waals surface area contributed by atoms with Crippen molar-refractivity contribution in [2.45, 2.75) is 16.4 Å². The first kappa shape index (κ1) is 18.6. The van der Waals surface area contributed by atoms with Crippen LogP contribution in [0, 0.1) is 0 Å². The lowest BCUT2D eigenvalue weighted by atomic mass is 10.2. The average molecular weight is 408 g/mol. The minimum atomic E-state index is -4.60. The van der Waals surface area contributed by atoms with E-state index in [9.17, 15) is 21.6 Å². The van der Waals surface area contributed by atoms with Crippen LogP contribution in [0.3, 0.4) is 0 Å². The minimum absolute atomic E-state index is 0.207. The van der Waals surface area contributed by atoms with E-state index in [0.29, 0.717) is 22.4 Å². The molecule has 1 aliphatic heterocycles. The summed E-state index contributed by atoms with van der Waals surface area (Å²) in [5, 5.41) is -0.139. The summed E-state index contributed by atoms with van der Waals surface area (Å²) in [5.74, 6) is 0.536. The van der Waals surface area contributed by atoms with Crippen LogP contribution in [0.15, 0.2) is 53.4 Å². The quantitative estimate of drug-likeness (QED) is 0.733. The summed E-state index contributed by atoms with van der Waals surface area (Å²) in [6.45, 7) is 0.207. The van der Waals surface area contributed by atoms with Crippen molar-refractivity contribution in [3.8, 4) is 0 Å². The molecule has 0 aliphatic carbocycles. The first-order chi connectivity index (χ1) is 11.7. The van der Waals surface area contributed by atoms with E-state index in [-0.39, 0.29) is 11.4 Å². The van der Waals surface area contributed by atoms with Crippen LogP contribution in [-0.4, -0.2) is 25.0 Å². The van der Waals surface area contributed by atoms with Gasteiger partial charge in [-0.15, -0.1) is 11.8 Å². The van der Waals surface area contributed by atoms with Crippen LogP contribution in [0.4, 0.5) is 13.2 Å². The summed E-state index contributed by atoms with van der Waals surface area (Å²) in [5.41, 5.74) is -0.364. The highest BCUT2D eigenvalue weighted by atomic mass is 35.5. The van der Waals surface area contributed by atoms with E-state index in [1.165, 1.54) is 22.1 Å². The number of nitrogens with zero attached hydrogens (tertiary/aromatic N) is 1. The fourth-order valence-corrected chi connectivity index (χ4v) is 6.21. The maximum atomic E-state index is 12.9. The number of hydrogen-bond acceptors (Lipinski definition) is 3. The summed E-state index contributed by atoms with van der Waals surface area (Å²) >= 11 is 7.56. The molecule has 1 saturated heterocycles. The van der Waals surface area contributed by atoms with Gasteiger partial charge in [-0.2, -0.15) is 17.5 Å². The Kier molecular flexibility index (Phi) is 5.07. The van der Waals surface area contributed by atoms with Crippen molar-refractivity contribution in [3.05, 3.63) is 64.7 Å². The molecule has 1 heterocycles. The minimum Gasteiger partial charge on any atom is -0.207 e. The number of alkyl halides is 3. The molecule has 0 spiro atoms. The summed E-state index contributed by atoms with van der Waals surface area (Å²) in [6.07, 6.45) is -4.60. The van der Waals surface area contributed by atoms with Crippen LogP contribution in [0.2, 0.25) is 5.02 Å². The molecule has 1 atom stereocenters. The molecule has 0 bridgehead atoms. The topological polar surface area (TPSA) is 37.4 Å². The van der Waals surface area contributed by atoms with E-state index in [0.717, 1.165) is 12.1 Å². The van der Waals surface area contributed by atoms with Crippen molar-refractivity contribution in [2.24, 2.45) is 0 Å². The number of hydrogen-bond donors (Lipinski definition) is 0. The Morgan fingerprint density at radius 1 is 1.12 bits per heavy atom. The molecule has 3 rings (SSSR count). The molecule has 2 aromatic carbocycles. The van der Waals surface area contributed by atoms with Crippen LogP contribution in [0.1, 0.15) is 16.5 Å². The molecule has 1 aliphatic rings. The Labute approximate surface area is 152 Å². The normalized spacial score (nSPS) is 19.3. The third kappa shape index (κ3) is 3.67. The third-order valence-corrected chi connectivity index (χ3v) is 7.37. The number of halogens is 4. The van der Waals surface area contributed by atoms with Crippen LogP contribution in [-0.2, 0) is 16.2 Å².